The maximum absolute atomic E-state index is 7.74. The van der Waals surface area contributed by atoms with E-state index in [0.717, 1.165) is 36.6 Å². The number of hydrogen-bond donors (Lipinski definition) is 2. The molecule has 0 aliphatic carbocycles. The van der Waals surface area contributed by atoms with Crippen molar-refractivity contribution >= 4 is 11.7 Å². The van der Waals surface area contributed by atoms with Gasteiger partial charge in [0.2, 0.25) is 0 Å². The number of aromatic nitrogens is 1. The van der Waals surface area contributed by atoms with Crippen LogP contribution < -0.4 is 10.6 Å². The number of rotatable bonds is 2. The van der Waals surface area contributed by atoms with E-state index in [1.165, 1.54) is 0 Å². The van der Waals surface area contributed by atoms with Crippen molar-refractivity contribution in [2.45, 2.75) is 19.9 Å². The molecule has 18 heavy (non-hydrogen) atoms. The molecule has 1 atom stereocenters. The summed E-state index contributed by atoms with van der Waals surface area (Å²) in [5.74, 6) is 0.949. The molecule has 0 aromatic carbocycles. The fourth-order valence-corrected chi connectivity index (χ4v) is 2.55. The highest BCUT2D eigenvalue weighted by Gasteiger charge is 2.25. The van der Waals surface area contributed by atoms with Gasteiger partial charge in [-0.2, -0.15) is 0 Å². The van der Waals surface area contributed by atoms with E-state index in [-0.39, 0.29) is 5.84 Å². The molecule has 0 saturated carbocycles. The number of nitrogen functional groups attached to an aromatic ring is 1. The molecule has 0 amide bonds. The van der Waals surface area contributed by atoms with Gasteiger partial charge in [-0.3, -0.25) is 5.41 Å². The van der Waals surface area contributed by atoms with Crippen LogP contribution in [-0.2, 0) is 0 Å². The van der Waals surface area contributed by atoms with Crippen LogP contribution in [0.4, 0.5) is 5.82 Å². The topological polar surface area (TPSA) is 69.2 Å². The number of aryl methyl sites for hydroxylation is 1. The minimum absolute atomic E-state index is 0.0988. The quantitative estimate of drug-likeness (QED) is 0.599. The fourth-order valence-electron chi connectivity index (χ4n) is 2.55. The zero-order valence-electron chi connectivity index (χ0n) is 11.3. The molecule has 1 aliphatic rings. The third-order valence-electron chi connectivity index (χ3n) is 3.51. The van der Waals surface area contributed by atoms with E-state index in [9.17, 15) is 0 Å². The molecule has 1 aromatic heterocycles. The Morgan fingerprint density at radius 3 is 2.83 bits per heavy atom. The Hall–Kier alpha value is -1.62. The molecule has 2 rings (SSSR count). The average molecular weight is 247 g/mol. The summed E-state index contributed by atoms with van der Waals surface area (Å²) in [7, 11) is 2.13. The highest BCUT2D eigenvalue weighted by atomic mass is 15.3. The SMILES string of the molecule is Cc1ccnc(N2CCN(C)CC2C)c1C(=N)N. The predicted molar refractivity (Wildman–Crippen MR) is 74.3 cm³/mol. The Balaban J connectivity index is 2.39. The molecule has 1 fully saturated rings. The largest absolute Gasteiger partial charge is 0.384 e. The normalized spacial score (nSPS) is 21.1. The van der Waals surface area contributed by atoms with E-state index in [4.69, 9.17) is 11.1 Å². The second-order valence-corrected chi connectivity index (χ2v) is 5.04. The number of nitrogens with zero attached hydrogens (tertiary/aromatic N) is 3. The highest BCUT2D eigenvalue weighted by molar-refractivity contribution is 6.01. The summed E-state index contributed by atoms with van der Waals surface area (Å²) in [6.07, 6.45) is 1.79. The van der Waals surface area contributed by atoms with Crippen LogP contribution in [0.5, 0.6) is 0 Å². The van der Waals surface area contributed by atoms with E-state index in [1.807, 2.05) is 13.0 Å². The number of hydrogen-bond acceptors (Lipinski definition) is 4. The zero-order chi connectivity index (χ0) is 13.3. The summed E-state index contributed by atoms with van der Waals surface area (Å²) in [4.78, 5) is 9.01. The van der Waals surface area contributed by atoms with Gasteiger partial charge >= 0.3 is 0 Å². The van der Waals surface area contributed by atoms with Crippen LogP contribution in [0.15, 0.2) is 12.3 Å². The van der Waals surface area contributed by atoms with Gasteiger partial charge in [0.1, 0.15) is 11.7 Å². The van der Waals surface area contributed by atoms with Crippen LogP contribution in [0.2, 0.25) is 0 Å². The van der Waals surface area contributed by atoms with Crippen molar-refractivity contribution in [2.75, 3.05) is 31.6 Å². The molecule has 1 aromatic rings. The van der Waals surface area contributed by atoms with Crippen LogP contribution in [0.3, 0.4) is 0 Å². The first-order chi connectivity index (χ1) is 8.50. The summed E-state index contributed by atoms with van der Waals surface area (Å²) in [5.41, 5.74) is 7.49. The lowest BCUT2D eigenvalue weighted by molar-refractivity contribution is 0.274. The molecule has 5 heteroatoms. The standard InChI is InChI=1S/C13H21N5/c1-9-4-5-16-13(11(9)12(14)15)18-7-6-17(3)8-10(18)2/h4-5,10H,6-8H2,1-3H3,(H3,14,15). The minimum atomic E-state index is 0.0988. The monoisotopic (exact) mass is 247 g/mol. The van der Waals surface area contributed by atoms with Crippen molar-refractivity contribution in [1.29, 1.82) is 5.41 Å². The summed E-state index contributed by atoms with van der Waals surface area (Å²) >= 11 is 0. The number of nitrogens with one attached hydrogen (secondary N) is 1. The zero-order valence-corrected chi connectivity index (χ0v) is 11.3. The molecule has 5 nitrogen and oxygen atoms in total. The molecule has 1 saturated heterocycles. The van der Waals surface area contributed by atoms with Crippen LogP contribution in [-0.4, -0.2) is 48.4 Å². The summed E-state index contributed by atoms with van der Waals surface area (Å²) in [6, 6.07) is 2.29. The van der Waals surface area contributed by atoms with Gasteiger partial charge in [0.15, 0.2) is 0 Å². The van der Waals surface area contributed by atoms with E-state index in [1.54, 1.807) is 6.20 Å². The number of nitrogens with two attached hydrogens (primary N) is 1. The van der Waals surface area contributed by atoms with Crippen molar-refractivity contribution < 1.29 is 0 Å². The van der Waals surface area contributed by atoms with Gasteiger partial charge in [-0.1, -0.05) is 0 Å². The third-order valence-corrected chi connectivity index (χ3v) is 3.51. The first kappa shape index (κ1) is 12.8. The Labute approximate surface area is 108 Å². The van der Waals surface area contributed by atoms with Crippen molar-refractivity contribution in [2.24, 2.45) is 5.73 Å². The smallest absolute Gasteiger partial charge is 0.140 e. The van der Waals surface area contributed by atoms with Gasteiger partial charge < -0.3 is 15.5 Å². The van der Waals surface area contributed by atoms with Crippen LogP contribution >= 0.6 is 0 Å². The predicted octanol–water partition coefficient (Wildman–Crippen LogP) is 0.814. The van der Waals surface area contributed by atoms with Crippen LogP contribution in [0.25, 0.3) is 0 Å². The lowest BCUT2D eigenvalue weighted by Crippen LogP contribution is -2.51. The molecule has 2 heterocycles. The van der Waals surface area contributed by atoms with Crippen molar-refractivity contribution in [1.82, 2.24) is 9.88 Å². The summed E-state index contributed by atoms with van der Waals surface area (Å²) in [5, 5.41) is 7.74. The minimum Gasteiger partial charge on any atom is -0.384 e. The van der Waals surface area contributed by atoms with Gasteiger partial charge in [0, 0.05) is 31.9 Å². The molecule has 0 spiro atoms. The van der Waals surface area contributed by atoms with Gasteiger partial charge in [-0.25, -0.2) is 4.98 Å². The highest BCUT2D eigenvalue weighted by Crippen LogP contribution is 2.24. The molecule has 0 bridgehead atoms. The molecule has 98 valence electrons. The maximum atomic E-state index is 7.74. The summed E-state index contributed by atoms with van der Waals surface area (Å²) < 4.78 is 0. The lowest BCUT2D eigenvalue weighted by Gasteiger charge is -2.39. The maximum Gasteiger partial charge on any atom is 0.140 e. The Bertz CT molecular complexity index is 457. The number of amidine groups is 1. The van der Waals surface area contributed by atoms with Crippen molar-refractivity contribution in [3.05, 3.63) is 23.4 Å². The molecule has 1 unspecified atom stereocenters. The second-order valence-electron chi connectivity index (χ2n) is 5.04. The van der Waals surface area contributed by atoms with Crippen molar-refractivity contribution in [3.63, 3.8) is 0 Å². The molecular formula is C13H21N5. The average Bonchev–Trinajstić information content (AvgIpc) is 2.28. The number of likely N-dealkylation sites (N-methyl/N-ethyl adjacent to an activating group) is 1. The second kappa shape index (κ2) is 4.94. The number of pyridine rings is 1. The lowest BCUT2D eigenvalue weighted by atomic mass is 10.1. The Morgan fingerprint density at radius 2 is 2.22 bits per heavy atom. The van der Waals surface area contributed by atoms with E-state index >= 15 is 0 Å². The molecule has 1 aliphatic heterocycles. The van der Waals surface area contributed by atoms with E-state index < -0.39 is 0 Å². The van der Waals surface area contributed by atoms with Gasteiger partial charge in [-0.15, -0.1) is 0 Å². The number of piperazine rings is 1. The van der Waals surface area contributed by atoms with Gasteiger partial charge in [0.25, 0.3) is 0 Å². The molecule has 0 radical (unpaired) electrons. The summed E-state index contributed by atoms with van der Waals surface area (Å²) in [6.45, 7) is 7.10. The van der Waals surface area contributed by atoms with Crippen LogP contribution in [0.1, 0.15) is 18.1 Å². The van der Waals surface area contributed by atoms with Crippen molar-refractivity contribution in [3.8, 4) is 0 Å². The van der Waals surface area contributed by atoms with Gasteiger partial charge in [0.05, 0.1) is 5.56 Å². The Kier molecular flexibility index (Phi) is 3.52. The fraction of sp³-hybridized carbons (Fsp3) is 0.538. The third kappa shape index (κ3) is 2.31. The molecule has 3 N–H and O–H groups in total. The first-order valence-electron chi connectivity index (χ1n) is 6.26. The number of anilines is 1. The van der Waals surface area contributed by atoms with Gasteiger partial charge in [-0.05, 0) is 32.5 Å². The first-order valence-corrected chi connectivity index (χ1v) is 6.26. The van der Waals surface area contributed by atoms with Crippen LogP contribution in [0, 0.1) is 12.3 Å². The molecular weight excluding hydrogens is 226 g/mol. The van der Waals surface area contributed by atoms with E-state index in [0.29, 0.717) is 6.04 Å². The van der Waals surface area contributed by atoms with E-state index in [2.05, 4.69) is 28.8 Å². The Morgan fingerprint density at radius 1 is 1.50 bits per heavy atom.